The van der Waals surface area contributed by atoms with Gasteiger partial charge in [-0.2, -0.15) is 26.3 Å². The lowest BCUT2D eigenvalue weighted by Crippen LogP contribution is -2.40. The Hall–Kier alpha value is -1.99. The van der Waals surface area contributed by atoms with Gasteiger partial charge in [0.25, 0.3) is 0 Å². The summed E-state index contributed by atoms with van der Waals surface area (Å²) in [4.78, 5) is -0.598. The van der Waals surface area contributed by atoms with Crippen LogP contribution in [-0.4, -0.2) is 34.3 Å². The number of sulfonamides is 1. The summed E-state index contributed by atoms with van der Waals surface area (Å²) in [6.45, 7) is -0.186. The van der Waals surface area contributed by atoms with Crippen molar-refractivity contribution in [1.82, 2.24) is 4.72 Å². The smallest absolute Gasteiger partial charge is 0.420 e. The quantitative estimate of drug-likeness (QED) is 0.401. The molecule has 0 aromatic heterocycles. The zero-order chi connectivity index (χ0) is 24.2. The van der Waals surface area contributed by atoms with E-state index in [2.05, 4.69) is 30.7 Å². The Labute approximate surface area is 189 Å². The van der Waals surface area contributed by atoms with Gasteiger partial charge in [0.2, 0.25) is 10.0 Å². The molecule has 13 heteroatoms. The summed E-state index contributed by atoms with van der Waals surface area (Å²) >= 11 is 2.80. The lowest BCUT2D eigenvalue weighted by molar-refractivity contribution is -0.139. The molecule has 0 radical (unpaired) electrons. The first-order valence-corrected chi connectivity index (χ1v) is 11.3. The van der Waals surface area contributed by atoms with Gasteiger partial charge in [-0.05, 0) is 40.5 Å². The van der Waals surface area contributed by atoms with Gasteiger partial charge in [0.15, 0.2) is 0 Å². The number of benzene rings is 2. The van der Waals surface area contributed by atoms with Gasteiger partial charge in [0.05, 0.1) is 17.6 Å². The number of hydrogen-bond acceptors (Lipinski definition) is 4. The zero-order valence-electron chi connectivity index (χ0n) is 16.5. The summed E-state index contributed by atoms with van der Waals surface area (Å²) in [5, 5.41) is 2.84. The maximum atomic E-state index is 13.1. The minimum absolute atomic E-state index is 0.186. The minimum atomic E-state index is -4.81. The Bertz CT molecular complexity index is 1010. The number of halogens is 7. The molecule has 0 saturated heterocycles. The number of anilines is 1. The van der Waals surface area contributed by atoms with E-state index in [0.29, 0.717) is 17.8 Å². The van der Waals surface area contributed by atoms with Crippen molar-refractivity contribution in [2.24, 2.45) is 0 Å². The number of hydrogen-bond donors (Lipinski definition) is 2. The van der Waals surface area contributed by atoms with Gasteiger partial charge in [-0.25, -0.2) is 13.1 Å². The van der Waals surface area contributed by atoms with E-state index >= 15 is 0 Å². The minimum Gasteiger partial charge on any atom is -0.496 e. The number of ether oxygens (including phenoxy) is 1. The zero-order valence-corrected chi connectivity index (χ0v) is 18.9. The van der Waals surface area contributed by atoms with E-state index in [1.54, 1.807) is 30.3 Å². The predicted molar refractivity (Wildman–Crippen MR) is 110 cm³/mol. The van der Waals surface area contributed by atoms with Gasteiger partial charge in [0, 0.05) is 35.2 Å². The van der Waals surface area contributed by atoms with Crippen LogP contribution in [0.25, 0.3) is 0 Å². The third-order valence-electron chi connectivity index (χ3n) is 4.27. The van der Waals surface area contributed by atoms with Crippen LogP contribution in [0.4, 0.5) is 32.0 Å². The molecular formula is C19H19BrF6N2O3S. The van der Waals surface area contributed by atoms with Crippen LogP contribution in [0.15, 0.2) is 51.8 Å². The Morgan fingerprint density at radius 1 is 1.06 bits per heavy atom. The van der Waals surface area contributed by atoms with Crippen LogP contribution in [0.5, 0.6) is 5.75 Å². The topological polar surface area (TPSA) is 67.4 Å². The predicted octanol–water partition coefficient (Wildman–Crippen LogP) is 5.58. The molecule has 1 atom stereocenters. The second-order valence-electron chi connectivity index (χ2n) is 6.70. The summed E-state index contributed by atoms with van der Waals surface area (Å²) in [6.07, 6.45) is -11.2. The van der Waals surface area contributed by atoms with Crippen LogP contribution in [0.1, 0.15) is 18.4 Å². The molecule has 0 saturated carbocycles. The fraction of sp³-hybridized carbons (Fsp3) is 0.368. The van der Waals surface area contributed by atoms with E-state index in [1.807, 2.05) is 0 Å². The van der Waals surface area contributed by atoms with Gasteiger partial charge in [-0.3, -0.25) is 0 Å². The molecule has 0 aliphatic carbocycles. The molecule has 0 fully saturated rings. The van der Waals surface area contributed by atoms with Crippen molar-refractivity contribution in [1.29, 1.82) is 0 Å². The molecular weight excluding hydrogens is 530 g/mol. The van der Waals surface area contributed by atoms with Crippen LogP contribution in [0.3, 0.4) is 0 Å². The molecule has 5 nitrogen and oxygen atoms in total. The number of nitrogens with one attached hydrogen (secondary N) is 2. The maximum absolute atomic E-state index is 13.1. The fourth-order valence-corrected chi connectivity index (χ4v) is 5.08. The van der Waals surface area contributed by atoms with Crippen molar-refractivity contribution in [3.05, 3.63) is 52.5 Å². The van der Waals surface area contributed by atoms with Crippen molar-refractivity contribution in [3.63, 3.8) is 0 Å². The van der Waals surface area contributed by atoms with E-state index in [-0.39, 0.29) is 6.54 Å². The summed E-state index contributed by atoms with van der Waals surface area (Å²) < 4.78 is 110. The SMILES string of the molecule is COc1cc(S(=O)(=O)NC(CCC(F)(F)F)CNc2ccccc2)c(Br)cc1C(F)(F)F. The maximum Gasteiger partial charge on any atom is 0.420 e. The monoisotopic (exact) mass is 548 g/mol. The van der Waals surface area contributed by atoms with Crippen molar-refractivity contribution in [2.45, 2.75) is 36.1 Å². The summed E-state index contributed by atoms with van der Waals surface area (Å²) in [6, 6.07) is 8.39. The highest BCUT2D eigenvalue weighted by Gasteiger charge is 2.37. The summed E-state index contributed by atoms with van der Waals surface area (Å²) in [7, 11) is -3.57. The third kappa shape index (κ3) is 7.55. The first-order valence-electron chi connectivity index (χ1n) is 9.05. The van der Waals surface area contributed by atoms with E-state index in [9.17, 15) is 34.8 Å². The van der Waals surface area contributed by atoms with E-state index < -0.39 is 61.9 Å². The molecule has 0 spiro atoms. The molecule has 0 aliphatic rings. The van der Waals surface area contributed by atoms with Gasteiger partial charge in [0.1, 0.15) is 5.75 Å². The second kappa shape index (κ2) is 10.3. The molecule has 32 heavy (non-hydrogen) atoms. The standard InChI is InChI=1S/C19H19BrF6N2O3S/c1-31-16-10-17(15(20)9-14(16)19(24,25)26)32(29,30)28-13(7-8-18(21,22)23)11-27-12-5-3-2-4-6-12/h2-6,9-10,13,27-28H,7-8,11H2,1H3. The van der Waals surface area contributed by atoms with Crippen molar-refractivity contribution in [3.8, 4) is 5.75 Å². The normalized spacial score (nSPS) is 13.6. The van der Waals surface area contributed by atoms with Gasteiger partial charge >= 0.3 is 12.4 Å². The largest absolute Gasteiger partial charge is 0.496 e. The van der Waals surface area contributed by atoms with Gasteiger partial charge < -0.3 is 10.1 Å². The van der Waals surface area contributed by atoms with Crippen LogP contribution in [0.2, 0.25) is 0 Å². The van der Waals surface area contributed by atoms with Crippen LogP contribution in [-0.2, 0) is 16.2 Å². The molecule has 2 N–H and O–H groups in total. The average Bonchev–Trinajstić information content (AvgIpc) is 2.69. The number of methoxy groups -OCH3 is 1. The van der Waals surface area contributed by atoms with Gasteiger partial charge in [-0.15, -0.1) is 0 Å². The highest BCUT2D eigenvalue weighted by atomic mass is 79.9. The average molecular weight is 549 g/mol. The number of rotatable bonds is 9. The molecule has 0 aliphatic heterocycles. The summed E-state index contributed by atoms with van der Waals surface area (Å²) in [5.74, 6) is -0.740. The number of alkyl halides is 6. The molecule has 2 aromatic carbocycles. The lowest BCUT2D eigenvalue weighted by atomic mass is 10.1. The van der Waals surface area contributed by atoms with Gasteiger partial charge in [-0.1, -0.05) is 18.2 Å². The Morgan fingerprint density at radius 3 is 2.22 bits per heavy atom. The first-order chi connectivity index (χ1) is 14.7. The molecule has 178 valence electrons. The lowest BCUT2D eigenvalue weighted by Gasteiger charge is -2.22. The molecule has 1 unspecified atom stereocenters. The number of para-hydroxylation sites is 1. The fourth-order valence-electron chi connectivity index (χ4n) is 2.75. The molecule has 0 bridgehead atoms. The van der Waals surface area contributed by atoms with Crippen molar-refractivity contribution < 1.29 is 39.5 Å². The second-order valence-corrected chi connectivity index (χ2v) is 9.24. The van der Waals surface area contributed by atoms with E-state index in [4.69, 9.17) is 0 Å². The van der Waals surface area contributed by atoms with E-state index in [1.165, 1.54) is 0 Å². The Morgan fingerprint density at radius 2 is 1.69 bits per heavy atom. The Kier molecular flexibility index (Phi) is 8.45. The molecule has 0 amide bonds. The highest BCUT2D eigenvalue weighted by molar-refractivity contribution is 9.10. The Balaban J connectivity index is 2.31. The van der Waals surface area contributed by atoms with Crippen molar-refractivity contribution >= 4 is 31.6 Å². The highest BCUT2D eigenvalue weighted by Crippen LogP contribution is 2.40. The van der Waals surface area contributed by atoms with Crippen LogP contribution < -0.4 is 14.8 Å². The first kappa shape index (κ1) is 26.3. The summed E-state index contributed by atoms with van der Waals surface area (Å²) in [5.41, 5.74) is -0.647. The van der Waals surface area contributed by atoms with Crippen LogP contribution in [0, 0.1) is 0 Å². The van der Waals surface area contributed by atoms with Crippen LogP contribution >= 0.6 is 15.9 Å². The third-order valence-corrected chi connectivity index (χ3v) is 6.75. The molecule has 2 rings (SSSR count). The molecule has 0 heterocycles. The van der Waals surface area contributed by atoms with E-state index in [0.717, 1.165) is 7.11 Å². The van der Waals surface area contributed by atoms with Crippen molar-refractivity contribution in [2.75, 3.05) is 19.0 Å². The molecule has 2 aromatic rings.